The molecule has 4 heteroatoms. The minimum absolute atomic E-state index is 0.258. The van der Waals surface area contributed by atoms with E-state index in [0.717, 1.165) is 19.3 Å². The highest BCUT2D eigenvalue weighted by Gasteiger charge is 2.30. The largest absolute Gasteiger partial charge is 0.477 e. The SMILES string of the molecule is CCCCCc1noc(C(C)(C)C)c1C(=O)O. The molecule has 0 amide bonds. The number of hydrogen-bond donors (Lipinski definition) is 1. The molecule has 1 aromatic heterocycles. The van der Waals surface area contributed by atoms with E-state index in [9.17, 15) is 9.90 Å². The molecule has 96 valence electrons. The molecule has 1 N–H and O–H groups in total. The molecular formula is C13H21NO3. The van der Waals surface area contributed by atoms with Crippen LogP contribution in [0.25, 0.3) is 0 Å². The fraction of sp³-hybridized carbons (Fsp3) is 0.692. The number of hydrogen-bond acceptors (Lipinski definition) is 3. The van der Waals surface area contributed by atoms with Gasteiger partial charge in [-0.05, 0) is 12.8 Å². The smallest absolute Gasteiger partial charge is 0.341 e. The Bertz CT molecular complexity index is 388. The lowest BCUT2D eigenvalue weighted by Crippen LogP contribution is -2.15. The first kappa shape index (κ1) is 13.7. The highest BCUT2D eigenvalue weighted by molar-refractivity contribution is 5.90. The van der Waals surface area contributed by atoms with Gasteiger partial charge in [0.1, 0.15) is 5.56 Å². The molecule has 0 saturated heterocycles. The van der Waals surface area contributed by atoms with Gasteiger partial charge < -0.3 is 9.63 Å². The number of carboxylic acid groups (broad SMARTS) is 1. The van der Waals surface area contributed by atoms with Gasteiger partial charge in [0.05, 0.1) is 5.69 Å². The predicted molar refractivity (Wildman–Crippen MR) is 65.4 cm³/mol. The van der Waals surface area contributed by atoms with Gasteiger partial charge >= 0.3 is 5.97 Å². The van der Waals surface area contributed by atoms with Crippen molar-refractivity contribution in [3.8, 4) is 0 Å². The van der Waals surface area contributed by atoms with Gasteiger partial charge in [0.2, 0.25) is 0 Å². The first-order valence-electron chi connectivity index (χ1n) is 6.10. The summed E-state index contributed by atoms with van der Waals surface area (Å²) in [6.45, 7) is 7.89. The summed E-state index contributed by atoms with van der Waals surface area (Å²) in [6, 6.07) is 0. The second kappa shape index (κ2) is 5.34. The van der Waals surface area contributed by atoms with E-state index in [1.165, 1.54) is 0 Å². The topological polar surface area (TPSA) is 63.3 Å². The van der Waals surface area contributed by atoms with E-state index >= 15 is 0 Å². The van der Waals surface area contributed by atoms with Crippen LogP contribution in [0.1, 0.15) is 68.8 Å². The lowest BCUT2D eigenvalue weighted by Gasteiger charge is -2.14. The Kier molecular flexibility index (Phi) is 4.32. The van der Waals surface area contributed by atoms with Gasteiger partial charge in [0.25, 0.3) is 0 Å². The molecule has 0 saturated carbocycles. The van der Waals surface area contributed by atoms with Gasteiger partial charge in [-0.1, -0.05) is 45.7 Å². The predicted octanol–water partition coefficient (Wildman–Crippen LogP) is 3.40. The summed E-state index contributed by atoms with van der Waals surface area (Å²) >= 11 is 0. The number of carbonyl (C=O) groups is 1. The summed E-state index contributed by atoms with van der Waals surface area (Å²) in [7, 11) is 0. The summed E-state index contributed by atoms with van der Waals surface area (Å²) in [4.78, 5) is 11.3. The monoisotopic (exact) mass is 239 g/mol. The van der Waals surface area contributed by atoms with Crippen LogP contribution in [0.4, 0.5) is 0 Å². The van der Waals surface area contributed by atoms with Crippen LogP contribution in [-0.4, -0.2) is 16.2 Å². The molecule has 0 unspecified atom stereocenters. The van der Waals surface area contributed by atoms with Crippen molar-refractivity contribution in [1.82, 2.24) is 5.16 Å². The van der Waals surface area contributed by atoms with Gasteiger partial charge in [-0.3, -0.25) is 0 Å². The minimum Gasteiger partial charge on any atom is -0.477 e. The third-order valence-electron chi connectivity index (χ3n) is 2.67. The molecule has 0 spiro atoms. The molecule has 0 aliphatic rings. The normalized spacial score (nSPS) is 11.8. The van der Waals surface area contributed by atoms with Crippen molar-refractivity contribution in [3.63, 3.8) is 0 Å². The molecule has 0 aliphatic heterocycles. The number of nitrogens with zero attached hydrogens (tertiary/aromatic N) is 1. The molecule has 0 aromatic carbocycles. The van der Waals surface area contributed by atoms with Crippen LogP contribution in [-0.2, 0) is 11.8 Å². The number of unbranched alkanes of at least 4 members (excludes halogenated alkanes) is 2. The van der Waals surface area contributed by atoms with Crippen LogP contribution in [0.5, 0.6) is 0 Å². The van der Waals surface area contributed by atoms with Gasteiger partial charge in [-0.25, -0.2) is 4.79 Å². The van der Waals surface area contributed by atoms with E-state index in [4.69, 9.17) is 4.52 Å². The molecule has 0 aliphatic carbocycles. The number of aromatic nitrogens is 1. The average molecular weight is 239 g/mol. The van der Waals surface area contributed by atoms with Crippen molar-refractivity contribution in [2.24, 2.45) is 0 Å². The van der Waals surface area contributed by atoms with Crippen molar-refractivity contribution >= 4 is 5.97 Å². The Morgan fingerprint density at radius 2 is 2.00 bits per heavy atom. The minimum atomic E-state index is -0.942. The van der Waals surface area contributed by atoms with Crippen LogP contribution >= 0.6 is 0 Å². The molecule has 0 radical (unpaired) electrons. The number of carboxylic acids is 1. The maximum atomic E-state index is 11.3. The Morgan fingerprint density at radius 3 is 2.47 bits per heavy atom. The molecular weight excluding hydrogens is 218 g/mol. The Hall–Kier alpha value is -1.32. The third-order valence-corrected chi connectivity index (χ3v) is 2.67. The van der Waals surface area contributed by atoms with Gasteiger partial charge in [0.15, 0.2) is 5.76 Å². The van der Waals surface area contributed by atoms with Crippen molar-refractivity contribution in [2.75, 3.05) is 0 Å². The molecule has 0 fully saturated rings. The first-order valence-corrected chi connectivity index (χ1v) is 6.10. The molecule has 4 nitrogen and oxygen atoms in total. The molecule has 1 heterocycles. The van der Waals surface area contributed by atoms with Crippen molar-refractivity contribution in [1.29, 1.82) is 0 Å². The molecule has 0 bridgehead atoms. The highest BCUT2D eigenvalue weighted by atomic mass is 16.5. The summed E-state index contributed by atoms with van der Waals surface area (Å²) in [6.07, 6.45) is 3.81. The standard InChI is InChI=1S/C13H21NO3/c1-5-6-7-8-9-10(12(15)16)11(17-14-9)13(2,3)4/h5-8H2,1-4H3,(H,15,16). The van der Waals surface area contributed by atoms with Crippen molar-refractivity contribution < 1.29 is 14.4 Å². The summed E-state index contributed by atoms with van der Waals surface area (Å²) in [5.41, 5.74) is 0.508. The van der Waals surface area contributed by atoms with E-state index in [1.807, 2.05) is 20.8 Å². The number of aromatic carboxylic acids is 1. The van der Waals surface area contributed by atoms with Crippen LogP contribution in [0.3, 0.4) is 0 Å². The zero-order valence-corrected chi connectivity index (χ0v) is 11.0. The number of rotatable bonds is 5. The fourth-order valence-electron chi connectivity index (χ4n) is 1.77. The van der Waals surface area contributed by atoms with Crippen molar-refractivity contribution in [3.05, 3.63) is 17.0 Å². The zero-order valence-electron chi connectivity index (χ0n) is 11.0. The van der Waals surface area contributed by atoms with Gasteiger partial charge in [-0.2, -0.15) is 0 Å². The third kappa shape index (κ3) is 3.32. The van der Waals surface area contributed by atoms with E-state index in [2.05, 4.69) is 12.1 Å². The van der Waals surface area contributed by atoms with E-state index in [1.54, 1.807) is 0 Å². The Labute approximate surface area is 102 Å². The lowest BCUT2D eigenvalue weighted by atomic mass is 9.89. The maximum Gasteiger partial charge on any atom is 0.341 e. The fourth-order valence-corrected chi connectivity index (χ4v) is 1.77. The Balaban J connectivity index is 2.99. The highest BCUT2D eigenvalue weighted by Crippen LogP contribution is 2.28. The molecule has 0 atom stereocenters. The second-order valence-corrected chi connectivity index (χ2v) is 5.35. The molecule has 17 heavy (non-hydrogen) atoms. The summed E-state index contributed by atoms with van der Waals surface area (Å²) in [5, 5.41) is 13.2. The maximum absolute atomic E-state index is 11.3. The lowest BCUT2D eigenvalue weighted by molar-refractivity contribution is 0.0691. The second-order valence-electron chi connectivity index (χ2n) is 5.35. The summed E-state index contributed by atoms with van der Waals surface area (Å²) in [5.74, 6) is -0.473. The zero-order chi connectivity index (χ0) is 13.1. The van der Waals surface area contributed by atoms with Crippen LogP contribution in [0.2, 0.25) is 0 Å². The van der Waals surface area contributed by atoms with Crippen LogP contribution in [0.15, 0.2) is 4.52 Å². The Morgan fingerprint density at radius 1 is 1.35 bits per heavy atom. The van der Waals surface area contributed by atoms with Crippen LogP contribution < -0.4 is 0 Å². The molecule has 1 rings (SSSR count). The van der Waals surface area contributed by atoms with E-state index in [-0.39, 0.29) is 11.0 Å². The van der Waals surface area contributed by atoms with E-state index < -0.39 is 5.97 Å². The van der Waals surface area contributed by atoms with Gasteiger partial charge in [0, 0.05) is 5.41 Å². The summed E-state index contributed by atoms with van der Waals surface area (Å²) < 4.78 is 5.22. The molecule has 1 aromatic rings. The number of aryl methyl sites for hydroxylation is 1. The van der Waals surface area contributed by atoms with Crippen molar-refractivity contribution in [2.45, 2.75) is 58.8 Å². The first-order chi connectivity index (χ1) is 7.88. The van der Waals surface area contributed by atoms with Crippen LogP contribution in [0, 0.1) is 0 Å². The average Bonchev–Trinajstić information content (AvgIpc) is 2.61. The van der Waals surface area contributed by atoms with E-state index in [0.29, 0.717) is 17.9 Å². The quantitative estimate of drug-likeness (QED) is 0.800. The van der Waals surface area contributed by atoms with Gasteiger partial charge in [-0.15, -0.1) is 0 Å².